The molecule has 0 aliphatic rings. The Balaban J connectivity index is 0.00000242. The van der Waals surface area contributed by atoms with Crippen LogP contribution in [0.2, 0.25) is 0 Å². The van der Waals surface area contributed by atoms with Crippen LogP contribution in [-0.2, 0) is 22.6 Å². The largest absolute Gasteiger partial charge is 0.460 e. The molecule has 0 heterocycles. The zero-order valence-corrected chi connectivity index (χ0v) is 14.0. The SMILES string of the molecule is CSc1ccc(C[C@H](N)C(=O)OCc2ccccc2)cc1.Cl. The Morgan fingerprint density at radius 3 is 2.32 bits per heavy atom. The molecule has 2 N–H and O–H groups in total. The number of benzene rings is 2. The van der Waals surface area contributed by atoms with Crippen molar-refractivity contribution in [2.45, 2.75) is 24.0 Å². The first-order valence-electron chi connectivity index (χ1n) is 6.78. The molecule has 118 valence electrons. The van der Waals surface area contributed by atoms with Crippen LogP contribution >= 0.6 is 24.2 Å². The molecule has 2 aromatic carbocycles. The van der Waals surface area contributed by atoms with Gasteiger partial charge in [0.1, 0.15) is 12.6 Å². The van der Waals surface area contributed by atoms with Gasteiger partial charge in [0.25, 0.3) is 0 Å². The summed E-state index contributed by atoms with van der Waals surface area (Å²) >= 11 is 1.69. The number of carbonyl (C=O) groups is 1. The summed E-state index contributed by atoms with van der Waals surface area (Å²) in [7, 11) is 0. The average Bonchev–Trinajstić information content (AvgIpc) is 2.54. The lowest BCUT2D eigenvalue weighted by molar-refractivity contribution is -0.146. The van der Waals surface area contributed by atoms with Crippen molar-refractivity contribution in [2.75, 3.05) is 6.26 Å². The minimum absolute atomic E-state index is 0. The first-order valence-corrected chi connectivity index (χ1v) is 8.00. The Bertz CT molecular complexity index is 575. The molecule has 0 unspecified atom stereocenters. The maximum absolute atomic E-state index is 11.9. The van der Waals surface area contributed by atoms with Gasteiger partial charge in [-0.1, -0.05) is 42.5 Å². The van der Waals surface area contributed by atoms with E-state index in [0.29, 0.717) is 6.42 Å². The van der Waals surface area contributed by atoms with Gasteiger partial charge in [0.15, 0.2) is 0 Å². The van der Waals surface area contributed by atoms with Crippen molar-refractivity contribution in [3.63, 3.8) is 0 Å². The fraction of sp³-hybridized carbons (Fsp3) is 0.235. The Hall–Kier alpha value is -1.49. The first-order chi connectivity index (χ1) is 10.2. The number of nitrogens with two attached hydrogens (primary N) is 1. The topological polar surface area (TPSA) is 52.3 Å². The van der Waals surface area contributed by atoms with Gasteiger partial charge in [0.05, 0.1) is 0 Å². The van der Waals surface area contributed by atoms with Crippen LogP contribution in [-0.4, -0.2) is 18.3 Å². The van der Waals surface area contributed by atoms with E-state index >= 15 is 0 Å². The summed E-state index contributed by atoms with van der Waals surface area (Å²) < 4.78 is 5.24. The number of carbonyl (C=O) groups excluding carboxylic acids is 1. The van der Waals surface area contributed by atoms with Crippen molar-refractivity contribution < 1.29 is 9.53 Å². The van der Waals surface area contributed by atoms with Crippen LogP contribution in [0, 0.1) is 0 Å². The predicted molar refractivity (Wildman–Crippen MR) is 93.4 cm³/mol. The lowest BCUT2D eigenvalue weighted by Gasteiger charge is -2.12. The molecule has 0 aliphatic heterocycles. The zero-order chi connectivity index (χ0) is 15.1. The molecule has 0 aliphatic carbocycles. The Kier molecular flexibility index (Phi) is 8.02. The Morgan fingerprint density at radius 1 is 1.09 bits per heavy atom. The second-order valence-corrected chi connectivity index (χ2v) is 5.63. The average molecular weight is 338 g/mol. The lowest BCUT2D eigenvalue weighted by atomic mass is 10.1. The summed E-state index contributed by atoms with van der Waals surface area (Å²) in [4.78, 5) is 13.1. The van der Waals surface area contributed by atoms with E-state index in [4.69, 9.17) is 10.5 Å². The van der Waals surface area contributed by atoms with Crippen molar-refractivity contribution in [3.8, 4) is 0 Å². The molecule has 0 radical (unpaired) electrons. The van der Waals surface area contributed by atoms with Crippen molar-refractivity contribution >= 4 is 30.1 Å². The minimum Gasteiger partial charge on any atom is -0.460 e. The third-order valence-electron chi connectivity index (χ3n) is 3.14. The van der Waals surface area contributed by atoms with Crippen LogP contribution in [0.1, 0.15) is 11.1 Å². The van der Waals surface area contributed by atoms with E-state index in [2.05, 4.69) is 0 Å². The van der Waals surface area contributed by atoms with Gasteiger partial charge >= 0.3 is 5.97 Å². The molecule has 5 heteroatoms. The zero-order valence-electron chi connectivity index (χ0n) is 12.4. The summed E-state index contributed by atoms with van der Waals surface area (Å²) in [5.41, 5.74) is 7.90. The molecule has 0 fully saturated rings. The maximum Gasteiger partial charge on any atom is 0.323 e. The van der Waals surface area contributed by atoms with Gasteiger partial charge in [0.2, 0.25) is 0 Å². The number of hydrogen-bond donors (Lipinski definition) is 1. The molecule has 0 bridgehead atoms. The van der Waals surface area contributed by atoms with E-state index < -0.39 is 6.04 Å². The van der Waals surface area contributed by atoms with Gasteiger partial charge in [-0.05, 0) is 35.9 Å². The van der Waals surface area contributed by atoms with Gasteiger partial charge in [-0.25, -0.2) is 0 Å². The molecule has 2 aromatic rings. The van der Waals surface area contributed by atoms with E-state index in [1.165, 1.54) is 4.90 Å². The highest BCUT2D eigenvalue weighted by atomic mass is 35.5. The Labute approximate surface area is 141 Å². The van der Waals surface area contributed by atoms with Gasteiger partial charge in [-0.2, -0.15) is 0 Å². The van der Waals surface area contributed by atoms with Crippen LogP contribution in [0.4, 0.5) is 0 Å². The summed E-state index contributed by atoms with van der Waals surface area (Å²) in [6.45, 7) is 0.263. The maximum atomic E-state index is 11.9. The van der Waals surface area contributed by atoms with Crippen LogP contribution in [0.5, 0.6) is 0 Å². The minimum atomic E-state index is -0.631. The van der Waals surface area contributed by atoms with Gasteiger partial charge in [-0.15, -0.1) is 24.2 Å². The van der Waals surface area contributed by atoms with E-state index in [9.17, 15) is 4.79 Å². The number of halogens is 1. The molecule has 22 heavy (non-hydrogen) atoms. The lowest BCUT2D eigenvalue weighted by Crippen LogP contribution is -2.34. The first kappa shape index (κ1) is 18.6. The van der Waals surface area contributed by atoms with Crippen LogP contribution in [0.3, 0.4) is 0 Å². The quantitative estimate of drug-likeness (QED) is 0.648. The summed E-state index contributed by atoms with van der Waals surface area (Å²) in [5.74, 6) is -0.368. The van der Waals surface area contributed by atoms with Crippen molar-refractivity contribution in [2.24, 2.45) is 5.73 Å². The standard InChI is InChI=1S/C17H19NO2S.ClH/c1-21-15-9-7-13(8-10-15)11-16(18)17(19)20-12-14-5-3-2-4-6-14;/h2-10,16H,11-12,18H2,1H3;1H/t16-;/m0./s1. The summed E-state index contributed by atoms with van der Waals surface area (Å²) in [5, 5.41) is 0. The van der Waals surface area contributed by atoms with Crippen molar-refractivity contribution in [3.05, 3.63) is 65.7 Å². The highest BCUT2D eigenvalue weighted by Gasteiger charge is 2.15. The second kappa shape index (κ2) is 9.51. The monoisotopic (exact) mass is 337 g/mol. The molecule has 0 aromatic heterocycles. The molecular formula is C17H20ClNO2S. The summed E-state index contributed by atoms with van der Waals surface area (Å²) in [6, 6.07) is 17.0. The van der Waals surface area contributed by atoms with Crippen LogP contribution in [0.15, 0.2) is 59.5 Å². The van der Waals surface area contributed by atoms with E-state index in [-0.39, 0.29) is 25.0 Å². The van der Waals surface area contributed by atoms with Gasteiger partial charge in [0, 0.05) is 4.90 Å². The second-order valence-electron chi connectivity index (χ2n) is 4.75. The van der Waals surface area contributed by atoms with Crippen molar-refractivity contribution in [1.82, 2.24) is 0 Å². The van der Waals surface area contributed by atoms with Crippen LogP contribution < -0.4 is 5.73 Å². The molecule has 0 saturated heterocycles. The van der Waals surface area contributed by atoms with Gasteiger partial charge < -0.3 is 10.5 Å². The number of esters is 1. The Morgan fingerprint density at radius 2 is 1.73 bits per heavy atom. The molecule has 1 atom stereocenters. The molecule has 0 saturated carbocycles. The van der Waals surface area contributed by atoms with Crippen molar-refractivity contribution in [1.29, 1.82) is 0 Å². The fourth-order valence-electron chi connectivity index (χ4n) is 1.93. The highest BCUT2D eigenvalue weighted by Crippen LogP contribution is 2.15. The molecule has 0 spiro atoms. The van der Waals surface area contributed by atoms with E-state index in [1.54, 1.807) is 11.8 Å². The number of rotatable bonds is 6. The summed E-state index contributed by atoms with van der Waals surface area (Å²) in [6.07, 6.45) is 2.52. The third kappa shape index (κ3) is 5.72. The predicted octanol–water partition coefficient (Wildman–Crippen LogP) is 3.44. The van der Waals surface area contributed by atoms with E-state index in [0.717, 1.165) is 11.1 Å². The molecule has 3 nitrogen and oxygen atoms in total. The molecule has 0 amide bonds. The third-order valence-corrected chi connectivity index (χ3v) is 3.88. The number of thioether (sulfide) groups is 1. The number of ether oxygens (including phenoxy) is 1. The highest BCUT2D eigenvalue weighted by molar-refractivity contribution is 7.98. The van der Waals surface area contributed by atoms with E-state index in [1.807, 2.05) is 60.9 Å². The normalized spacial score (nSPS) is 11.4. The van der Waals surface area contributed by atoms with Crippen LogP contribution in [0.25, 0.3) is 0 Å². The van der Waals surface area contributed by atoms with Gasteiger partial charge in [-0.3, -0.25) is 4.79 Å². The molecular weight excluding hydrogens is 318 g/mol. The number of hydrogen-bond acceptors (Lipinski definition) is 4. The fourth-order valence-corrected chi connectivity index (χ4v) is 2.34. The molecule has 2 rings (SSSR count). The smallest absolute Gasteiger partial charge is 0.323 e.